The molecule has 0 radical (unpaired) electrons. The van der Waals surface area contributed by atoms with Gasteiger partial charge in [-0.25, -0.2) is 8.78 Å². The van der Waals surface area contributed by atoms with E-state index in [0.29, 0.717) is 22.3 Å². The number of nitrogens with one attached hydrogen (secondary N) is 1. The highest BCUT2D eigenvalue weighted by molar-refractivity contribution is 6.08. The monoisotopic (exact) mass is 532 g/mol. The largest absolute Gasteiger partial charge is 0.369 e. The first-order valence-corrected chi connectivity index (χ1v) is 13.5. The predicted molar refractivity (Wildman–Crippen MR) is 146 cm³/mol. The Morgan fingerprint density at radius 1 is 0.974 bits per heavy atom. The second-order valence-electron chi connectivity index (χ2n) is 10.6. The van der Waals surface area contributed by atoms with Crippen LogP contribution in [0, 0.1) is 17.6 Å². The van der Waals surface area contributed by atoms with Crippen LogP contribution in [0.1, 0.15) is 62.0 Å². The van der Waals surface area contributed by atoms with E-state index in [2.05, 4.69) is 26.9 Å². The van der Waals surface area contributed by atoms with E-state index in [9.17, 15) is 18.4 Å². The standard InChI is InChI=1S/C29H30F2N6O2/c1-18-14-15-35(17-18)27-20-16-32-36(19-6-3-2-4-7-19)25(20)12-10-23(27)33-29(39)24-11-13-26(38)37(34-24)28-21(30)8-5-9-22(28)31/h5,8-13,16,18-19H,2-4,6-7,14-15,17H2,1H3,(H,33,39)/t18-/m0/s1. The minimum atomic E-state index is -0.951. The molecule has 0 unspecified atom stereocenters. The van der Waals surface area contributed by atoms with Gasteiger partial charge in [-0.2, -0.15) is 14.9 Å². The average molecular weight is 533 g/mol. The summed E-state index contributed by atoms with van der Waals surface area (Å²) in [4.78, 5) is 28.1. The summed E-state index contributed by atoms with van der Waals surface area (Å²) in [6.45, 7) is 3.92. The first kappa shape index (κ1) is 25.2. The molecular formula is C29H30F2N6O2. The van der Waals surface area contributed by atoms with Gasteiger partial charge >= 0.3 is 0 Å². The van der Waals surface area contributed by atoms with Crippen molar-refractivity contribution in [1.82, 2.24) is 19.6 Å². The summed E-state index contributed by atoms with van der Waals surface area (Å²) in [5, 5.41) is 12.7. The van der Waals surface area contributed by atoms with Crippen molar-refractivity contribution in [2.45, 2.75) is 51.5 Å². The number of hydrogen-bond donors (Lipinski definition) is 1. The lowest BCUT2D eigenvalue weighted by Crippen LogP contribution is -2.27. The van der Waals surface area contributed by atoms with Gasteiger partial charge in [0.05, 0.1) is 29.1 Å². The van der Waals surface area contributed by atoms with Crippen molar-refractivity contribution in [2.75, 3.05) is 23.3 Å². The molecule has 0 spiro atoms. The van der Waals surface area contributed by atoms with Crippen LogP contribution in [0.3, 0.4) is 0 Å². The molecule has 2 aromatic carbocycles. The van der Waals surface area contributed by atoms with Crippen LogP contribution in [0.2, 0.25) is 0 Å². The van der Waals surface area contributed by atoms with Gasteiger partial charge in [0.15, 0.2) is 11.6 Å². The smallest absolute Gasteiger partial charge is 0.276 e. The van der Waals surface area contributed by atoms with Crippen LogP contribution >= 0.6 is 0 Å². The Morgan fingerprint density at radius 3 is 2.46 bits per heavy atom. The number of carbonyl (C=O) groups is 1. The normalized spacial score (nSPS) is 18.1. The lowest BCUT2D eigenvalue weighted by atomic mass is 9.95. The Balaban J connectivity index is 1.38. The van der Waals surface area contributed by atoms with Crippen LogP contribution in [0.4, 0.5) is 20.2 Å². The molecule has 202 valence electrons. The van der Waals surface area contributed by atoms with Crippen LogP contribution < -0.4 is 15.8 Å². The van der Waals surface area contributed by atoms with E-state index < -0.39 is 28.8 Å². The van der Waals surface area contributed by atoms with E-state index in [1.54, 1.807) is 0 Å². The van der Waals surface area contributed by atoms with E-state index in [-0.39, 0.29) is 5.69 Å². The van der Waals surface area contributed by atoms with Gasteiger partial charge in [0.1, 0.15) is 11.4 Å². The molecule has 1 amide bonds. The highest BCUT2D eigenvalue weighted by atomic mass is 19.1. The Hall–Kier alpha value is -4.08. The SMILES string of the molecule is C[C@H]1CCN(c2c(NC(=O)c3ccc(=O)n(-c4c(F)cccc4F)n3)ccc3c2cnn3C2CCCCC2)C1. The summed E-state index contributed by atoms with van der Waals surface area (Å²) in [6.07, 6.45) is 8.79. The summed E-state index contributed by atoms with van der Waals surface area (Å²) in [7, 11) is 0. The number of anilines is 2. The van der Waals surface area contributed by atoms with Crippen molar-refractivity contribution in [3.63, 3.8) is 0 Å². The Kier molecular flexibility index (Phi) is 6.62. The summed E-state index contributed by atoms with van der Waals surface area (Å²) < 4.78 is 31.5. The number of benzene rings is 2. The van der Waals surface area contributed by atoms with E-state index >= 15 is 0 Å². The van der Waals surface area contributed by atoms with Gasteiger partial charge in [-0.05, 0) is 55.5 Å². The Bertz CT molecular complexity index is 1590. The van der Waals surface area contributed by atoms with Crippen molar-refractivity contribution in [3.8, 4) is 5.69 Å². The third-order valence-corrected chi connectivity index (χ3v) is 7.84. The quantitative estimate of drug-likeness (QED) is 0.369. The van der Waals surface area contributed by atoms with Crippen LogP contribution in [-0.2, 0) is 0 Å². The van der Waals surface area contributed by atoms with Crippen molar-refractivity contribution in [3.05, 3.63) is 76.3 Å². The maximum Gasteiger partial charge on any atom is 0.276 e. The molecule has 1 N–H and O–H groups in total. The molecule has 3 heterocycles. The molecule has 1 aliphatic heterocycles. The van der Waals surface area contributed by atoms with Gasteiger partial charge in [0, 0.05) is 24.5 Å². The lowest BCUT2D eigenvalue weighted by Gasteiger charge is -2.25. The number of rotatable bonds is 5. The number of hydrogen-bond acceptors (Lipinski definition) is 5. The number of carbonyl (C=O) groups excluding carboxylic acids is 1. The molecule has 2 aliphatic rings. The molecule has 1 atom stereocenters. The Labute approximate surface area is 224 Å². The van der Waals surface area contributed by atoms with Gasteiger partial charge in [-0.1, -0.05) is 32.3 Å². The third kappa shape index (κ3) is 4.68. The van der Waals surface area contributed by atoms with Crippen LogP contribution in [-0.4, -0.2) is 38.6 Å². The van der Waals surface area contributed by atoms with E-state index in [0.717, 1.165) is 67.1 Å². The molecule has 1 saturated carbocycles. The molecule has 4 aromatic rings. The van der Waals surface area contributed by atoms with Crippen molar-refractivity contribution < 1.29 is 13.6 Å². The second kappa shape index (κ2) is 10.2. The van der Waals surface area contributed by atoms with E-state index in [4.69, 9.17) is 5.10 Å². The van der Waals surface area contributed by atoms with E-state index in [1.165, 1.54) is 31.4 Å². The van der Waals surface area contributed by atoms with Gasteiger partial charge < -0.3 is 10.2 Å². The van der Waals surface area contributed by atoms with Crippen LogP contribution in [0.5, 0.6) is 0 Å². The summed E-state index contributed by atoms with van der Waals surface area (Å²) in [5.41, 5.74) is 1.02. The second-order valence-corrected chi connectivity index (χ2v) is 10.6. The molecule has 2 fully saturated rings. The number of para-hydroxylation sites is 1. The number of halogens is 2. The zero-order valence-corrected chi connectivity index (χ0v) is 21.7. The summed E-state index contributed by atoms with van der Waals surface area (Å²) in [6, 6.07) is 9.83. The molecule has 0 bridgehead atoms. The van der Waals surface area contributed by atoms with Crippen LogP contribution in [0.25, 0.3) is 16.6 Å². The number of amides is 1. The highest BCUT2D eigenvalue weighted by Gasteiger charge is 2.27. The third-order valence-electron chi connectivity index (χ3n) is 7.84. The fourth-order valence-electron chi connectivity index (χ4n) is 5.87. The van der Waals surface area contributed by atoms with Crippen molar-refractivity contribution in [2.24, 2.45) is 5.92 Å². The fraction of sp³-hybridized carbons (Fsp3) is 0.379. The van der Waals surface area contributed by atoms with Gasteiger partial charge in [-0.15, -0.1) is 0 Å². The molecule has 1 saturated heterocycles. The molecule has 39 heavy (non-hydrogen) atoms. The van der Waals surface area contributed by atoms with Crippen molar-refractivity contribution >= 4 is 28.2 Å². The molecule has 2 aromatic heterocycles. The predicted octanol–water partition coefficient (Wildman–Crippen LogP) is 5.46. The first-order chi connectivity index (χ1) is 18.9. The number of aromatic nitrogens is 4. The average Bonchev–Trinajstić information content (AvgIpc) is 3.56. The maximum absolute atomic E-state index is 14.4. The maximum atomic E-state index is 14.4. The minimum absolute atomic E-state index is 0.143. The first-order valence-electron chi connectivity index (χ1n) is 13.5. The summed E-state index contributed by atoms with van der Waals surface area (Å²) in [5.74, 6) is -1.98. The van der Waals surface area contributed by atoms with Crippen molar-refractivity contribution in [1.29, 1.82) is 0 Å². The van der Waals surface area contributed by atoms with Crippen LogP contribution in [0.15, 0.2) is 53.5 Å². The topological polar surface area (TPSA) is 85.1 Å². The zero-order chi connectivity index (χ0) is 27.1. The van der Waals surface area contributed by atoms with Gasteiger partial charge in [0.25, 0.3) is 11.5 Å². The molecule has 8 nitrogen and oxygen atoms in total. The lowest BCUT2D eigenvalue weighted by molar-refractivity contribution is 0.102. The zero-order valence-electron chi connectivity index (χ0n) is 21.7. The fourth-order valence-corrected chi connectivity index (χ4v) is 5.87. The minimum Gasteiger partial charge on any atom is -0.369 e. The van der Waals surface area contributed by atoms with Gasteiger partial charge in [0.2, 0.25) is 0 Å². The number of fused-ring (bicyclic) bond motifs is 1. The van der Waals surface area contributed by atoms with Gasteiger partial charge in [-0.3, -0.25) is 14.3 Å². The Morgan fingerprint density at radius 2 is 1.74 bits per heavy atom. The summed E-state index contributed by atoms with van der Waals surface area (Å²) >= 11 is 0. The highest BCUT2D eigenvalue weighted by Crippen LogP contribution is 2.40. The molecule has 10 heteroatoms. The molecular weight excluding hydrogens is 502 g/mol. The molecule has 1 aliphatic carbocycles. The molecule has 6 rings (SSSR count). The van der Waals surface area contributed by atoms with E-state index in [1.807, 2.05) is 18.3 Å². The number of nitrogens with zero attached hydrogens (tertiary/aromatic N) is 5.